The smallest absolute Gasteiger partial charge is 0.321 e. The number of benzene rings is 2. The third-order valence-corrected chi connectivity index (χ3v) is 5.37. The van der Waals surface area contributed by atoms with Gasteiger partial charge in [-0.15, -0.1) is 0 Å². The number of nitrogens with two attached hydrogens (primary N) is 1. The van der Waals surface area contributed by atoms with E-state index >= 15 is 0 Å². The molecule has 0 amide bonds. The number of nitrogens with one attached hydrogen (secondary N) is 1. The van der Waals surface area contributed by atoms with Gasteiger partial charge < -0.3 is 10.8 Å². The lowest BCUT2D eigenvalue weighted by molar-refractivity contribution is -0.139. The van der Waals surface area contributed by atoms with Crippen LogP contribution in [-0.2, 0) is 14.8 Å². The summed E-state index contributed by atoms with van der Waals surface area (Å²) in [4.78, 5) is 11.2. The Morgan fingerprint density at radius 1 is 1.08 bits per heavy atom. The number of hydrogen-bond donors (Lipinski definition) is 3. The second-order valence-corrected chi connectivity index (χ2v) is 7.62. The Kier molecular flexibility index (Phi) is 8.23. The maximum absolute atomic E-state index is 12.4. The zero-order valence-electron chi connectivity index (χ0n) is 13.4. The Balaban J connectivity index is 0.00000338. The van der Waals surface area contributed by atoms with Crippen LogP contribution in [0.1, 0.15) is 20.3 Å². The molecule has 6 nitrogen and oxygen atoms in total. The molecule has 1 atom stereocenters. The van der Waals surface area contributed by atoms with E-state index < -0.39 is 22.0 Å². The van der Waals surface area contributed by atoms with E-state index in [1.807, 2.05) is 12.1 Å². The van der Waals surface area contributed by atoms with Crippen molar-refractivity contribution < 1.29 is 18.3 Å². The molecule has 0 aliphatic carbocycles. The van der Waals surface area contributed by atoms with E-state index in [1.54, 1.807) is 24.3 Å². The van der Waals surface area contributed by atoms with Gasteiger partial charge in [0.05, 0.1) is 4.90 Å². The van der Waals surface area contributed by atoms with E-state index in [9.17, 15) is 13.2 Å². The van der Waals surface area contributed by atoms with Crippen molar-refractivity contribution in [2.75, 3.05) is 6.54 Å². The lowest BCUT2D eigenvalue weighted by atomic mass is 10.1. The van der Waals surface area contributed by atoms with Gasteiger partial charge in [-0.3, -0.25) is 4.79 Å². The van der Waals surface area contributed by atoms with E-state index in [2.05, 4.69) is 4.72 Å². The number of carbonyl (C=O) groups is 1. The monoisotopic (exact) mass is 398 g/mol. The summed E-state index contributed by atoms with van der Waals surface area (Å²) in [6.45, 7) is 0.293. The minimum Gasteiger partial charge on any atom is -0.480 e. The molecule has 4 N–H and O–H groups in total. The van der Waals surface area contributed by atoms with Crippen LogP contribution in [0.4, 0.5) is 0 Å². The van der Waals surface area contributed by atoms with E-state index in [-0.39, 0.29) is 18.7 Å². The molecule has 2 aromatic carbocycles. The highest BCUT2D eigenvalue weighted by molar-refractivity contribution is 7.89. The second kappa shape index (κ2) is 9.68. The highest BCUT2D eigenvalue weighted by Gasteiger charge is 2.24. The molecule has 2 aromatic rings. The average Bonchev–Trinajstić information content (AvgIpc) is 2.59. The number of carboxylic acids is 1. The first-order valence-electron chi connectivity index (χ1n) is 7.64. The normalized spacial score (nSPS) is 12.2. The lowest BCUT2D eigenvalue weighted by Gasteiger charge is -2.14. The molecule has 0 bridgehead atoms. The van der Waals surface area contributed by atoms with Gasteiger partial charge in [0.2, 0.25) is 10.0 Å². The van der Waals surface area contributed by atoms with Crippen LogP contribution in [0.25, 0.3) is 11.1 Å². The number of rotatable bonds is 8. The Bertz CT molecular complexity index is 821. The molecule has 0 spiro atoms. The van der Waals surface area contributed by atoms with Gasteiger partial charge in [0, 0.05) is 5.02 Å². The Morgan fingerprint density at radius 3 is 2.04 bits per heavy atom. The maximum atomic E-state index is 12.4. The number of carboxylic acid groups (broad SMARTS) is 1. The summed E-state index contributed by atoms with van der Waals surface area (Å²) in [6.07, 6.45) is 0.545. The van der Waals surface area contributed by atoms with E-state index in [4.69, 9.17) is 22.4 Å². The van der Waals surface area contributed by atoms with Crippen molar-refractivity contribution in [2.24, 2.45) is 5.73 Å². The summed E-state index contributed by atoms with van der Waals surface area (Å²) in [5.74, 6) is -1.23. The molecule has 2 rings (SSSR count). The molecular weight excluding hydrogens is 376 g/mol. The molecular formula is C18H23ClN2O4S. The van der Waals surface area contributed by atoms with Crippen molar-refractivity contribution >= 4 is 27.6 Å². The second-order valence-electron chi connectivity index (χ2n) is 5.47. The molecule has 26 heavy (non-hydrogen) atoms. The van der Waals surface area contributed by atoms with Crippen LogP contribution < -0.4 is 10.5 Å². The number of aliphatic carboxylic acids is 1. The van der Waals surface area contributed by atoms with Crippen LogP contribution in [0.2, 0.25) is 5.02 Å². The molecule has 8 heteroatoms. The number of hydrogen-bond acceptors (Lipinski definition) is 4. The highest BCUT2D eigenvalue weighted by Crippen LogP contribution is 2.23. The van der Waals surface area contributed by atoms with Gasteiger partial charge in [-0.1, -0.05) is 43.3 Å². The molecule has 0 unspecified atom stereocenters. The van der Waals surface area contributed by atoms with E-state index in [0.717, 1.165) is 11.1 Å². The van der Waals surface area contributed by atoms with Gasteiger partial charge in [-0.25, -0.2) is 8.42 Å². The topological polar surface area (TPSA) is 109 Å². The zero-order chi connectivity index (χ0) is 18.4. The first-order valence-corrected chi connectivity index (χ1v) is 9.51. The minimum atomic E-state index is -3.93. The third kappa shape index (κ3) is 5.81. The fourth-order valence-electron chi connectivity index (χ4n) is 2.28. The zero-order valence-corrected chi connectivity index (χ0v) is 14.9. The fraction of sp³-hybridized carbons (Fsp3) is 0.278. The highest BCUT2D eigenvalue weighted by atomic mass is 35.5. The van der Waals surface area contributed by atoms with Gasteiger partial charge >= 0.3 is 5.97 Å². The Morgan fingerprint density at radius 2 is 1.58 bits per heavy atom. The van der Waals surface area contributed by atoms with Crippen molar-refractivity contribution in [1.82, 2.24) is 4.72 Å². The molecule has 0 radical (unpaired) electrons. The summed E-state index contributed by atoms with van der Waals surface area (Å²) in [5.41, 5.74) is 7.08. The van der Waals surface area contributed by atoms with Crippen LogP contribution >= 0.6 is 11.6 Å². The Hall–Kier alpha value is -1.93. The third-order valence-electron chi connectivity index (χ3n) is 3.63. The van der Waals surface area contributed by atoms with Gasteiger partial charge in [0.25, 0.3) is 0 Å². The maximum Gasteiger partial charge on any atom is 0.321 e. The standard InChI is InChI=1S/C17H19ClN2O4S.CH4/c18-14-7-3-12(4-8-14)13-5-9-15(10-6-13)25(23,24)20-16(17(21)22)2-1-11-19;/h3-10,16,20H,1-2,11,19H2,(H,21,22);1H4/t16-;/m0./s1. The van der Waals surface area contributed by atoms with Gasteiger partial charge in [-0.05, 0) is 54.8 Å². The van der Waals surface area contributed by atoms with Gasteiger partial charge in [-0.2, -0.15) is 4.72 Å². The molecule has 0 heterocycles. The van der Waals surface area contributed by atoms with Crippen molar-refractivity contribution in [3.05, 3.63) is 53.6 Å². The predicted octanol–water partition coefficient (Wildman–Crippen LogP) is 3.11. The van der Waals surface area contributed by atoms with Crippen LogP contribution in [0.5, 0.6) is 0 Å². The molecule has 0 aliphatic rings. The van der Waals surface area contributed by atoms with Crippen LogP contribution in [0.15, 0.2) is 53.4 Å². The van der Waals surface area contributed by atoms with Crippen LogP contribution in [0.3, 0.4) is 0 Å². The molecule has 142 valence electrons. The number of sulfonamides is 1. The molecule has 0 fully saturated rings. The largest absolute Gasteiger partial charge is 0.480 e. The van der Waals surface area contributed by atoms with Crippen molar-refractivity contribution in [3.8, 4) is 11.1 Å². The predicted molar refractivity (Wildman–Crippen MR) is 104 cm³/mol. The first-order chi connectivity index (χ1) is 11.8. The molecule has 0 saturated carbocycles. The van der Waals surface area contributed by atoms with Crippen molar-refractivity contribution in [3.63, 3.8) is 0 Å². The van der Waals surface area contributed by atoms with Crippen LogP contribution in [-0.4, -0.2) is 32.1 Å². The summed E-state index contributed by atoms with van der Waals surface area (Å²) >= 11 is 5.85. The molecule has 0 saturated heterocycles. The Labute approximate surface area is 159 Å². The fourth-order valence-corrected chi connectivity index (χ4v) is 3.63. The summed E-state index contributed by atoms with van der Waals surface area (Å²) < 4.78 is 27.0. The van der Waals surface area contributed by atoms with E-state index in [1.165, 1.54) is 12.1 Å². The summed E-state index contributed by atoms with van der Waals surface area (Å²) in [5, 5.41) is 9.76. The minimum absolute atomic E-state index is 0. The van der Waals surface area contributed by atoms with Crippen molar-refractivity contribution in [1.29, 1.82) is 0 Å². The first kappa shape index (κ1) is 22.1. The van der Waals surface area contributed by atoms with Crippen LogP contribution in [0, 0.1) is 0 Å². The van der Waals surface area contributed by atoms with Gasteiger partial charge in [0.1, 0.15) is 6.04 Å². The van der Waals surface area contributed by atoms with Gasteiger partial charge in [0.15, 0.2) is 0 Å². The van der Waals surface area contributed by atoms with Crippen molar-refractivity contribution in [2.45, 2.75) is 31.2 Å². The summed E-state index contributed by atoms with van der Waals surface area (Å²) in [6, 6.07) is 12.2. The molecule has 0 aliphatic heterocycles. The number of halogens is 1. The SMILES string of the molecule is C.NCCC[C@H](NS(=O)(=O)c1ccc(-c2ccc(Cl)cc2)cc1)C(=O)O. The summed E-state index contributed by atoms with van der Waals surface area (Å²) in [7, 11) is -3.93. The average molecular weight is 399 g/mol. The van der Waals surface area contributed by atoms with E-state index in [0.29, 0.717) is 18.0 Å². The molecule has 0 aromatic heterocycles. The lowest BCUT2D eigenvalue weighted by Crippen LogP contribution is -2.40. The quantitative estimate of drug-likeness (QED) is 0.632.